The smallest absolute Gasteiger partial charge is 0.350 e. The van der Waals surface area contributed by atoms with Gasteiger partial charge >= 0.3 is 11.9 Å². The Labute approximate surface area is 222 Å². The number of ketones is 1. The largest absolute Gasteiger partial charge is 0.507 e. The molecule has 1 unspecified atom stereocenters. The molecule has 1 aliphatic heterocycles. The van der Waals surface area contributed by atoms with Crippen molar-refractivity contribution in [1.82, 2.24) is 4.98 Å². The van der Waals surface area contributed by atoms with Gasteiger partial charge < -0.3 is 14.6 Å². The van der Waals surface area contributed by atoms with E-state index in [0.29, 0.717) is 29.2 Å². The first-order valence-corrected chi connectivity index (χ1v) is 12.5. The Morgan fingerprint density at radius 2 is 1.92 bits per heavy atom. The maximum Gasteiger partial charge on any atom is 0.350 e. The number of esters is 1. The van der Waals surface area contributed by atoms with Gasteiger partial charge in [-0.05, 0) is 62.2 Å². The number of amides is 1. The third-order valence-corrected chi connectivity index (χ3v) is 7.02. The lowest BCUT2D eigenvalue weighted by Gasteiger charge is -2.23. The molecule has 1 aliphatic rings. The molecular weight excluding hydrogens is 511 g/mol. The van der Waals surface area contributed by atoms with Gasteiger partial charge in [-0.1, -0.05) is 36.1 Å². The minimum Gasteiger partial charge on any atom is -0.507 e. The van der Waals surface area contributed by atoms with E-state index in [1.807, 2.05) is 6.92 Å². The lowest BCUT2D eigenvalue weighted by molar-refractivity contribution is -0.132. The van der Waals surface area contributed by atoms with Gasteiger partial charge in [-0.25, -0.2) is 14.2 Å². The van der Waals surface area contributed by atoms with Gasteiger partial charge in [0.25, 0.3) is 5.78 Å². The summed E-state index contributed by atoms with van der Waals surface area (Å²) in [6, 6.07) is 9.03. The highest BCUT2D eigenvalue weighted by atomic mass is 32.1. The van der Waals surface area contributed by atoms with E-state index in [2.05, 4.69) is 11.6 Å². The number of hydrogen-bond donors (Lipinski definition) is 1. The molecule has 0 spiro atoms. The zero-order valence-corrected chi connectivity index (χ0v) is 21.8. The topological polar surface area (TPSA) is 106 Å². The molecule has 0 radical (unpaired) electrons. The first kappa shape index (κ1) is 26.7. The van der Waals surface area contributed by atoms with Crippen LogP contribution < -0.4 is 9.64 Å². The predicted molar refractivity (Wildman–Crippen MR) is 141 cm³/mol. The number of aromatic nitrogens is 1. The third kappa shape index (κ3) is 4.95. The number of ether oxygens (including phenoxy) is 2. The summed E-state index contributed by atoms with van der Waals surface area (Å²) in [5, 5.41) is 11.4. The zero-order chi connectivity index (χ0) is 27.6. The average Bonchev–Trinajstić information content (AvgIpc) is 3.40. The molecule has 10 heteroatoms. The van der Waals surface area contributed by atoms with Crippen molar-refractivity contribution in [2.45, 2.75) is 26.8 Å². The maximum absolute atomic E-state index is 13.8. The van der Waals surface area contributed by atoms with Crippen molar-refractivity contribution >= 4 is 39.9 Å². The van der Waals surface area contributed by atoms with Crippen LogP contribution in [-0.4, -0.2) is 41.0 Å². The molecule has 0 saturated carbocycles. The number of aliphatic hydroxyl groups excluding tert-OH is 1. The summed E-state index contributed by atoms with van der Waals surface area (Å²) in [6.07, 6.45) is 1.42. The van der Waals surface area contributed by atoms with Gasteiger partial charge in [-0.3, -0.25) is 14.5 Å². The number of aryl methyl sites for hydroxylation is 2. The summed E-state index contributed by atoms with van der Waals surface area (Å²) in [7, 11) is 0. The first-order chi connectivity index (χ1) is 18.2. The van der Waals surface area contributed by atoms with Crippen LogP contribution in [-0.2, 0) is 14.3 Å². The standard InChI is InChI=1S/C28H25FN2O6S/c1-5-13-37-27(35)25-16(4)30-28(38-25)31-22(17-7-10-19(29)11-8-17)21(24(33)26(31)34)23(32)18-9-12-20(36-6-2)15(3)14-18/h5,7-12,14,22,32H,1,6,13H2,2-4H3. The Morgan fingerprint density at radius 1 is 1.21 bits per heavy atom. The van der Waals surface area contributed by atoms with Crippen LogP contribution in [0.15, 0.2) is 60.7 Å². The Kier molecular flexibility index (Phi) is 7.72. The molecule has 1 N–H and O–H groups in total. The van der Waals surface area contributed by atoms with E-state index in [-0.39, 0.29) is 22.2 Å². The molecule has 1 fully saturated rings. The summed E-state index contributed by atoms with van der Waals surface area (Å²) < 4.78 is 24.4. The van der Waals surface area contributed by atoms with Crippen molar-refractivity contribution in [3.63, 3.8) is 0 Å². The molecule has 1 atom stereocenters. The number of anilines is 1. The Balaban J connectivity index is 1.87. The molecule has 196 valence electrons. The SMILES string of the molecule is C=CCOC(=O)c1sc(N2C(=O)C(=O)C(=C(O)c3ccc(OCC)c(C)c3)C2c2ccc(F)cc2)nc1C. The molecule has 2 aromatic carbocycles. The third-order valence-electron chi connectivity index (χ3n) is 5.89. The van der Waals surface area contributed by atoms with Crippen molar-refractivity contribution in [3.05, 3.63) is 93.8 Å². The maximum atomic E-state index is 13.8. The molecule has 4 rings (SSSR count). The molecule has 1 aromatic heterocycles. The number of rotatable bonds is 8. The minimum atomic E-state index is -1.12. The molecule has 38 heavy (non-hydrogen) atoms. The van der Waals surface area contributed by atoms with E-state index < -0.39 is 35.3 Å². The predicted octanol–water partition coefficient (Wildman–Crippen LogP) is 5.27. The van der Waals surface area contributed by atoms with E-state index in [1.54, 1.807) is 32.0 Å². The van der Waals surface area contributed by atoms with Gasteiger partial charge in [0.1, 0.15) is 28.8 Å². The summed E-state index contributed by atoms with van der Waals surface area (Å²) in [5.74, 6) is -2.81. The fraction of sp³-hybridized carbons (Fsp3) is 0.214. The van der Waals surface area contributed by atoms with Crippen LogP contribution in [0.4, 0.5) is 9.52 Å². The summed E-state index contributed by atoms with van der Waals surface area (Å²) in [6.45, 7) is 9.19. The molecule has 0 bridgehead atoms. The van der Waals surface area contributed by atoms with Crippen molar-refractivity contribution in [2.24, 2.45) is 0 Å². The fourth-order valence-corrected chi connectivity index (χ4v) is 5.12. The minimum absolute atomic E-state index is 0.00684. The number of thiazole rings is 1. The van der Waals surface area contributed by atoms with Gasteiger partial charge in [0.15, 0.2) is 5.13 Å². The zero-order valence-electron chi connectivity index (χ0n) is 21.0. The monoisotopic (exact) mass is 536 g/mol. The second-order valence-corrected chi connectivity index (χ2v) is 9.41. The van der Waals surface area contributed by atoms with E-state index in [0.717, 1.165) is 21.8 Å². The lowest BCUT2D eigenvalue weighted by atomic mass is 9.95. The van der Waals surface area contributed by atoms with Gasteiger partial charge in [0.2, 0.25) is 0 Å². The van der Waals surface area contributed by atoms with Crippen molar-refractivity contribution in [3.8, 4) is 5.75 Å². The van der Waals surface area contributed by atoms with Crippen molar-refractivity contribution < 1.29 is 33.4 Å². The number of carbonyl (C=O) groups excluding carboxylic acids is 3. The van der Waals surface area contributed by atoms with E-state index in [9.17, 15) is 23.9 Å². The van der Waals surface area contributed by atoms with E-state index in [1.165, 1.54) is 30.3 Å². The normalized spacial score (nSPS) is 16.5. The van der Waals surface area contributed by atoms with Crippen molar-refractivity contribution in [1.29, 1.82) is 0 Å². The van der Waals surface area contributed by atoms with E-state index >= 15 is 0 Å². The highest BCUT2D eigenvalue weighted by Gasteiger charge is 2.48. The highest BCUT2D eigenvalue weighted by Crippen LogP contribution is 2.44. The van der Waals surface area contributed by atoms with Crippen LogP contribution >= 0.6 is 11.3 Å². The van der Waals surface area contributed by atoms with Crippen LogP contribution in [0.3, 0.4) is 0 Å². The van der Waals surface area contributed by atoms with Gasteiger partial charge in [0.05, 0.1) is 23.9 Å². The van der Waals surface area contributed by atoms with Crippen LogP contribution in [0.1, 0.15) is 45.0 Å². The fourth-order valence-electron chi connectivity index (χ4n) is 4.13. The summed E-state index contributed by atoms with van der Waals surface area (Å²) in [5.41, 5.74) is 1.52. The molecule has 3 aromatic rings. The van der Waals surface area contributed by atoms with Crippen LogP contribution in [0.2, 0.25) is 0 Å². The van der Waals surface area contributed by atoms with Gasteiger partial charge in [0, 0.05) is 5.56 Å². The first-order valence-electron chi connectivity index (χ1n) is 11.7. The quantitative estimate of drug-likeness (QED) is 0.138. The average molecular weight is 537 g/mol. The lowest BCUT2D eigenvalue weighted by Crippen LogP contribution is -2.29. The number of benzene rings is 2. The van der Waals surface area contributed by atoms with Crippen LogP contribution in [0, 0.1) is 19.7 Å². The van der Waals surface area contributed by atoms with Gasteiger partial charge in [-0.2, -0.15) is 0 Å². The number of hydrogen-bond acceptors (Lipinski definition) is 8. The number of halogens is 1. The molecular formula is C28H25FN2O6S. The highest BCUT2D eigenvalue weighted by molar-refractivity contribution is 7.17. The number of aliphatic hydroxyl groups is 1. The summed E-state index contributed by atoms with van der Waals surface area (Å²) in [4.78, 5) is 44.8. The van der Waals surface area contributed by atoms with Crippen LogP contribution in [0.25, 0.3) is 5.76 Å². The molecule has 0 aliphatic carbocycles. The van der Waals surface area contributed by atoms with E-state index in [4.69, 9.17) is 9.47 Å². The molecule has 8 nitrogen and oxygen atoms in total. The Morgan fingerprint density at radius 3 is 2.55 bits per heavy atom. The van der Waals surface area contributed by atoms with Gasteiger partial charge in [-0.15, -0.1) is 0 Å². The number of nitrogens with zero attached hydrogens (tertiary/aromatic N) is 2. The molecule has 1 saturated heterocycles. The summed E-state index contributed by atoms with van der Waals surface area (Å²) >= 11 is 0.880. The number of carbonyl (C=O) groups is 3. The number of Topliss-reactive ketones (excluding diaryl/α,β-unsaturated/α-hetero) is 1. The Hall–Kier alpha value is -4.31. The molecule has 1 amide bonds. The molecule has 2 heterocycles. The van der Waals surface area contributed by atoms with Crippen molar-refractivity contribution in [2.75, 3.05) is 18.1 Å². The Bertz CT molecular complexity index is 1460. The second kappa shape index (κ2) is 11.0. The van der Waals surface area contributed by atoms with Crippen LogP contribution in [0.5, 0.6) is 5.75 Å². The second-order valence-electron chi connectivity index (χ2n) is 8.43.